The molecule has 0 saturated carbocycles. The molecule has 2 aromatic carbocycles. The van der Waals surface area contributed by atoms with Crippen molar-refractivity contribution in [2.45, 2.75) is 81.7 Å². The van der Waals surface area contributed by atoms with Gasteiger partial charge in [-0.15, -0.1) is 0 Å². The van der Waals surface area contributed by atoms with Crippen LogP contribution in [0.5, 0.6) is 11.5 Å². The number of benzene rings is 2. The van der Waals surface area contributed by atoms with Gasteiger partial charge in [-0.2, -0.15) is 4.31 Å². The molecule has 6 rings (SSSR count). The van der Waals surface area contributed by atoms with Gasteiger partial charge < -0.3 is 38.9 Å². The standard InChI is InChI=1S/C38H49N3O11S/c1-38(2,16-7-4-8-17-39-35(43)33-12-9-18-48-33)24-40(53(46,47)27-13-14-32-34(21-27)52-25-51-32)22-31(42)29(20-26-10-5-3-6-11-26)41(37(44)45)30-23-50-36-28(30)15-19-49-36/h3,5-6,9-14,18,21,28-31,36,42H,4,7-8,15-17,19-20,22-25H2,1-2H3,(H,39,43)(H,44,45)/t28-,29-,30-,31+,36+/m0/s1. The molecular weight excluding hydrogens is 706 g/mol. The molecular formula is C38H49N3O11S. The highest BCUT2D eigenvalue weighted by Gasteiger charge is 2.49. The molecule has 53 heavy (non-hydrogen) atoms. The van der Waals surface area contributed by atoms with E-state index in [2.05, 4.69) is 5.32 Å². The van der Waals surface area contributed by atoms with Crippen LogP contribution in [0, 0.1) is 11.3 Å². The van der Waals surface area contributed by atoms with E-state index in [-0.39, 0.29) is 55.4 Å². The minimum atomic E-state index is -4.24. The molecule has 3 aliphatic heterocycles. The van der Waals surface area contributed by atoms with Crippen molar-refractivity contribution in [3.05, 3.63) is 78.3 Å². The van der Waals surface area contributed by atoms with Gasteiger partial charge in [0.15, 0.2) is 23.5 Å². The van der Waals surface area contributed by atoms with Crippen molar-refractivity contribution >= 4 is 22.0 Å². The van der Waals surface area contributed by atoms with Gasteiger partial charge in [0, 0.05) is 31.6 Å². The summed E-state index contributed by atoms with van der Waals surface area (Å²) in [5.41, 5.74) is 0.252. The summed E-state index contributed by atoms with van der Waals surface area (Å²) in [6.45, 7) is 4.64. The SMILES string of the molecule is CC(C)(CCCCCNC(=O)c1ccco1)CN(C[C@@H](O)[C@H](Cc1ccccc1)N(C(=O)O)[C@H]1CO[C@H]2OCC[C@H]21)S(=O)(=O)c1ccc2c(c1)OCO2. The maximum atomic E-state index is 14.5. The van der Waals surface area contributed by atoms with Gasteiger partial charge in [0.1, 0.15) is 0 Å². The molecule has 0 unspecified atom stereocenters. The van der Waals surface area contributed by atoms with Crippen molar-refractivity contribution in [2.75, 3.05) is 39.6 Å². The van der Waals surface area contributed by atoms with Gasteiger partial charge in [-0.3, -0.25) is 9.69 Å². The van der Waals surface area contributed by atoms with Crippen molar-refractivity contribution in [1.82, 2.24) is 14.5 Å². The summed E-state index contributed by atoms with van der Waals surface area (Å²) < 4.78 is 57.9. The highest BCUT2D eigenvalue weighted by atomic mass is 32.2. The van der Waals surface area contributed by atoms with Crippen LogP contribution in [-0.2, 0) is 25.9 Å². The maximum Gasteiger partial charge on any atom is 0.407 e. The summed E-state index contributed by atoms with van der Waals surface area (Å²) in [6, 6.07) is 15.3. The minimum Gasteiger partial charge on any atom is -0.465 e. The number of unbranched alkanes of at least 4 members (excludes halogenated alkanes) is 2. The Labute approximate surface area is 310 Å². The first kappa shape index (κ1) is 38.6. The van der Waals surface area contributed by atoms with Gasteiger partial charge in [-0.25, -0.2) is 13.2 Å². The smallest absolute Gasteiger partial charge is 0.407 e. The number of aliphatic hydroxyl groups excluding tert-OH is 1. The third-order valence-electron chi connectivity index (χ3n) is 10.2. The second-order valence-corrected chi connectivity index (χ2v) is 16.6. The largest absolute Gasteiger partial charge is 0.465 e. The van der Waals surface area contributed by atoms with Gasteiger partial charge in [-0.05, 0) is 60.9 Å². The van der Waals surface area contributed by atoms with Crippen molar-refractivity contribution in [1.29, 1.82) is 0 Å². The fraction of sp³-hybridized carbons (Fsp3) is 0.526. The van der Waals surface area contributed by atoms with Crippen LogP contribution in [0.3, 0.4) is 0 Å². The Hall–Kier alpha value is -4.15. The normalized spacial score (nSPS) is 20.6. The van der Waals surface area contributed by atoms with Crippen molar-refractivity contribution in [3.63, 3.8) is 0 Å². The zero-order chi connectivity index (χ0) is 37.6. The van der Waals surface area contributed by atoms with Crippen LogP contribution in [0.15, 0.2) is 76.2 Å². The molecule has 4 heterocycles. The topological polar surface area (TPSA) is 177 Å². The van der Waals surface area contributed by atoms with E-state index in [1.165, 1.54) is 27.6 Å². The Morgan fingerprint density at radius 3 is 2.55 bits per heavy atom. The predicted octanol–water partition coefficient (Wildman–Crippen LogP) is 4.73. The first-order chi connectivity index (χ1) is 25.4. The fourth-order valence-electron chi connectivity index (χ4n) is 7.46. The number of ether oxygens (including phenoxy) is 4. The number of sulfonamides is 1. The number of aliphatic hydroxyl groups is 1. The Kier molecular flexibility index (Phi) is 12.3. The van der Waals surface area contributed by atoms with E-state index in [4.69, 9.17) is 23.4 Å². The van der Waals surface area contributed by atoms with Crippen molar-refractivity contribution < 1.29 is 51.6 Å². The molecule has 3 N–H and O–H groups in total. The Morgan fingerprint density at radius 2 is 1.79 bits per heavy atom. The van der Waals surface area contributed by atoms with Crippen LogP contribution in [-0.4, -0.2) is 104 Å². The summed E-state index contributed by atoms with van der Waals surface area (Å²) in [6.07, 6.45) is 1.99. The number of hydrogen-bond acceptors (Lipinski definition) is 10. The third kappa shape index (κ3) is 9.33. The molecule has 2 saturated heterocycles. The predicted molar refractivity (Wildman–Crippen MR) is 192 cm³/mol. The van der Waals surface area contributed by atoms with Crippen LogP contribution in [0.2, 0.25) is 0 Å². The van der Waals surface area contributed by atoms with Gasteiger partial charge in [0.2, 0.25) is 16.8 Å². The van der Waals surface area contributed by atoms with Crippen molar-refractivity contribution in [3.8, 4) is 11.5 Å². The number of rotatable bonds is 18. The lowest BCUT2D eigenvalue weighted by Gasteiger charge is -2.40. The van der Waals surface area contributed by atoms with Gasteiger partial charge in [0.05, 0.1) is 42.6 Å². The highest BCUT2D eigenvalue weighted by Crippen LogP contribution is 2.38. The number of hydrogen-bond donors (Lipinski definition) is 3. The maximum absolute atomic E-state index is 14.5. The number of carbonyl (C=O) groups is 2. The Morgan fingerprint density at radius 1 is 1.00 bits per heavy atom. The molecule has 1 aromatic heterocycles. The second kappa shape index (κ2) is 16.9. The quantitative estimate of drug-likeness (QED) is 0.153. The Balaban J connectivity index is 1.21. The number of furan rings is 1. The van der Waals surface area contributed by atoms with Gasteiger partial charge >= 0.3 is 6.09 Å². The first-order valence-corrected chi connectivity index (χ1v) is 19.5. The lowest BCUT2D eigenvalue weighted by atomic mass is 9.86. The van der Waals surface area contributed by atoms with Gasteiger partial charge in [0.25, 0.3) is 5.91 Å². The van der Waals surface area contributed by atoms with Crippen LogP contribution < -0.4 is 14.8 Å². The number of carbonyl (C=O) groups excluding carboxylic acids is 1. The van der Waals surface area contributed by atoms with E-state index >= 15 is 0 Å². The highest BCUT2D eigenvalue weighted by molar-refractivity contribution is 7.89. The monoisotopic (exact) mass is 755 g/mol. The average molecular weight is 756 g/mol. The summed E-state index contributed by atoms with van der Waals surface area (Å²) in [5.74, 6) is 0.509. The molecule has 14 nitrogen and oxygen atoms in total. The summed E-state index contributed by atoms with van der Waals surface area (Å²) in [5, 5.41) is 25.7. The average Bonchev–Trinajstić information content (AvgIpc) is 3.96. The van der Waals surface area contributed by atoms with E-state index in [9.17, 15) is 28.2 Å². The van der Waals surface area contributed by atoms with Crippen LogP contribution >= 0.6 is 0 Å². The lowest BCUT2D eigenvalue weighted by molar-refractivity contribution is -0.0906. The molecule has 0 bridgehead atoms. The van der Waals surface area contributed by atoms with E-state index in [0.717, 1.165) is 24.8 Å². The lowest BCUT2D eigenvalue weighted by Crippen LogP contribution is -2.58. The summed E-state index contributed by atoms with van der Waals surface area (Å²) in [7, 11) is -4.24. The van der Waals surface area contributed by atoms with E-state index < -0.39 is 46.0 Å². The minimum absolute atomic E-state index is 0.0230. The number of fused-ring (bicyclic) bond motifs is 2. The number of nitrogens with one attached hydrogen (secondary N) is 1. The number of carboxylic acid groups (broad SMARTS) is 1. The zero-order valence-corrected chi connectivity index (χ0v) is 30.9. The molecule has 15 heteroatoms. The van der Waals surface area contributed by atoms with E-state index in [1.807, 2.05) is 44.2 Å². The van der Waals surface area contributed by atoms with Crippen LogP contribution in [0.1, 0.15) is 62.1 Å². The molecule has 288 valence electrons. The first-order valence-electron chi connectivity index (χ1n) is 18.1. The fourth-order valence-corrected chi connectivity index (χ4v) is 9.12. The number of amides is 2. The summed E-state index contributed by atoms with van der Waals surface area (Å²) >= 11 is 0. The zero-order valence-electron chi connectivity index (χ0n) is 30.1. The van der Waals surface area contributed by atoms with E-state index in [0.29, 0.717) is 37.5 Å². The molecule has 0 radical (unpaired) electrons. The van der Waals surface area contributed by atoms with Crippen molar-refractivity contribution in [2.24, 2.45) is 11.3 Å². The molecule has 2 fully saturated rings. The third-order valence-corrected chi connectivity index (χ3v) is 12.0. The molecule has 5 atom stereocenters. The molecule has 2 amide bonds. The summed E-state index contributed by atoms with van der Waals surface area (Å²) in [4.78, 5) is 26.5. The molecule has 0 spiro atoms. The Bertz CT molecular complexity index is 1790. The molecule has 3 aliphatic rings. The molecule has 3 aromatic rings. The van der Waals surface area contributed by atoms with E-state index in [1.54, 1.807) is 18.2 Å². The number of nitrogens with zero attached hydrogens (tertiary/aromatic N) is 2. The second-order valence-electron chi connectivity index (χ2n) is 14.6. The van der Waals surface area contributed by atoms with Crippen LogP contribution in [0.25, 0.3) is 0 Å². The van der Waals surface area contributed by atoms with Gasteiger partial charge in [-0.1, -0.05) is 57.0 Å². The molecule has 0 aliphatic carbocycles. The van der Waals surface area contributed by atoms with Crippen LogP contribution in [0.4, 0.5) is 4.79 Å².